The minimum atomic E-state index is 0.460. The third kappa shape index (κ3) is 11.5. The van der Waals surface area contributed by atoms with Crippen LogP contribution in [-0.4, -0.2) is 69.5 Å². The first-order chi connectivity index (χ1) is 32.5. The molecular weight excluding hydrogens is 829 g/mol. The van der Waals surface area contributed by atoms with E-state index in [4.69, 9.17) is 48.4 Å². The van der Waals surface area contributed by atoms with Crippen LogP contribution in [0.2, 0.25) is 0 Å². The summed E-state index contributed by atoms with van der Waals surface area (Å²) >= 11 is 0. The molecule has 7 rings (SSSR count). The van der Waals surface area contributed by atoms with Crippen molar-refractivity contribution in [1.82, 2.24) is 29.9 Å². The Balaban J connectivity index is 1.60. The van der Waals surface area contributed by atoms with Gasteiger partial charge >= 0.3 is 0 Å². The molecule has 6 aromatic rings. The van der Waals surface area contributed by atoms with E-state index >= 15 is 0 Å². The normalized spacial score (nSPS) is 11.7. The van der Waals surface area contributed by atoms with E-state index in [9.17, 15) is 0 Å². The highest BCUT2D eigenvalue weighted by atomic mass is 16.5. The second-order valence-electron chi connectivity index (χ2n) is 17.5. The molecular formula is C54H74N6O6. The number of nitrogens with one attached hydrogen (secondary N) is 2. The zero-order valence-corrected chi connectivity index (χ0v) is 40.7. The van der Waals surface area contributed by atoms with Crippen molar-refractivity contribution in [3.05, 3.63) is 36.4 Å². The van der Waals surface area contributed by atoms with Gasteiger partial charge in [-0.1, -0.05) is 119 Å². The summed E-state index contributed by atoms with van der Waals surface area (Å²) in [6.45, 7) is 16.6. The van der Waals surface area contributed by atoms with Crippen LogP contribution in [0.25, 0.3) is 66.9 Å². The maximum Gasteiger partial charge on any atom is 0.168 e. The van der Waals surface area contributed by atoms with Gasteiger partial charge in [-0.15, -0.1) is 0 Å². The third-order valence-corrected chi connectivity index (χ3v) is 12.2. The van der Waals surface area contributed by atoms with Crippen LogP contribution >= 0.6 is 0 Å². The Bertz CT molecular complexity index is 2400. The predicted molar refractivity (Wildman–Crippen MR) is 269 cm³/mol. The lowest BCUT2D eigenvalue weighted by Gasteiger charge is -2.15. The molecule has 0 unspecified atom stereocenters. The highest BCUT2D eigenvalue weighted by Gasteiger charge is 2.30. The lowest BCUT2D eigenvalue weighted by atomic mass is 10.1. The molecule has 0 atom stereocenters. The fraction of sp³-hybridized carbons (Fsp3) is 0.556. The van der Waals surface area contributed by atoms with E-state index in [1.807, 2.05) is 36.4 Å². The number of rotatable bonds is 30. The molecule has 0 radical (unpaired) electrons. The molecule has 3 aromatic carbocycles. The molecule has 12 heteroatoms. The topological polar surface area (TPSA) is 139 Å². The second kappa shape index (κ2) is 24.8. The summed E-state index contributed by atoms with van der Waals surface area (Å²) in [6, 6.07) is 12.0. The first kappa shape index (κ1) is 48.4. The van der Waals surface area contributed by atoms with E-state index < -0.39 is 0 Å². The van der Waals surface area contributed by atoms with Crippen molar-refractivity contribution < 1.29 is 28.4 Å². The average Bonchev–Trinajstić information content (AvgIpc) is 4.00. The van der Waals surface area contributed by atoms with Crippen LogP contribution in [0.5, 0.6) is 34.5 Å². The van der Waals surface area contributed by atoms with E-state index in [-0.39, 0.29) is 0 Å². The number of nitrogens with zero attached hydrogens (tertiary/aromatic N) is 4. The molecule has 12 nitrogen and oxygen atoms in total. The first-order valence-corrected chi connectivity index (χ1v) is 25.5. The van der Waals surface area contributed by atoms with Gasteiger partial charge in [0.1, 0.15) is 57.1 Å². The SMILES string of the molecule is CCCCCOc1ccc(OCCCCC)c2c1-c1nc-2nc2[nH]c(nc3[nH]c(n1)c1c(OCCCCC)ccc(OCCCCC)c31)c1c(OCCCCC)ccc(OCCCCC)c21. The maximum atomic E-state index is 6.65. The van der Waals surface area contributed by atoms with Crippen molar-refractivity contribution in [2.24, 2.45) is 0 Å². The Kier molecular flexibility index (Phi) is 18.2. The van der Waals surface area contributed by atoms with Crippen LogP contribution in [0.3, 0.4) is 0 Å². The molecule has 0 aliphatic carbocycles. The highest BCUT2D eigenvalue weighted by molar-refractivity contribution is 6.14. The lowest BCUT2D eigenvalue weighted by Crippen LogP contribution is -2.02. The largest absolute Gasteiger partial charge is 0.493 e. The number of H-pyrrole nitrogens is 2. The van der Waals surface area contributed by atoms with Gasteiger partial charge in [-0.05, 0) is 74.9 Å². The molecule has 2 N–H and O–H groups in total. The number of aromatic amines is 2. The number of unbranched alkanes of at least 4 members (excludes halogenated alkanes) is 12. The van der Waals surface area contributed by atoms with Crippen molar-refractivity contribution in [2.75, 3.05) is 39.6 Å². The number of hydrogen-bond donors (Lipinski definition) is 2. The zero-order chi connectivity index (χ0) is 46.1. The van der Waals surface area contributed by atoms with E-state index in [0.717, 1.165) is 148 Å². The highest BCUT2D eigenvalue weighted by Crippen LogP contribution is 2.48. The predicted octanol–water partition coefficient (Wildman–Crippen LogP) is 14.7. The molecule has 0 spiro atoms. The van der Waals surface area contributed by atoms with E-state index in [0.29, 0.717) is 108 Å². The fourth-order valence-electron chi connectivity index (χ4n) is 8.51. The third-order valence-electron chi connectivity index (χ3n) is 12.2. The molecule has 66 heavy (non-hydrogen) atoms. The van der Waals surface area contributed by atoms with E-state index in [2.05, 4.69) is 51.5 Å². The monoisotopic (exact) mass is 903 g/mol. The smallest absolute Gasteiger partial charge is 0.168 e. The van der Waals surface area contributed by atoms with Crippen LogP contribution in [0.15, 0.2) is 36.4 Å². The summed E-state index contributed by atoms with van der Waals surface area (Å²) in [7, 11) is 0. The molecule has 0 saturated heterocycles. The van der Waals surface area contributed by atoms with Crippen molar-refractivity contribution in [3.63, 3.8) is 0 Å². The Labute approximate surface area is 391 Å². The minimum absolute atomic E-state index is 0.460. The van der Waals surface area contributed by atoms with E-state index in [1.165, 1.54) is 0 Å². The summed E-state index contributed by atoms with van der Waals surface area (Å²) in [6.07, 6.45) is 18.6. The Hall–Kier alpha value is -5.52. The number of benzene rings is 3. The van der Waals surface area contributed by atoms with Gasteiger partial charge in [-0.2, -0.15) is 0 Å². The quantitative estimate of drug-likeness (QED) is 0.0419. The Morgan fingerprint density at radius 3 is 0.818 bits per heavy atom. The van der Waals surface area contributed by atoms with Crippen LogP contribution in [0.4, 0.5) is 0 Å². The second-order valence-corrected chi connectivity index (χ2v) is 17.5. The molecule has 0 amide bonds. The Morgan fingerprint density at radius 2 is 0.545 bits per heavy atom. The zero-order valence-electron chi connectivity index (χ0n) is 40.7. The average molecular weight is 903 g/mol. The fourth-order valence-corrected chi connectivity index (χ4v) is 8.51. The summed E-state index contributed by atoms with van der Waals surface area (Å²) < 4.78 is 39.9. The summed E-state index contributed by atoms with van der Waals surface area (Å²) in [5.74, 6) is 5.09. The summed E-state index contributed by atoms with van der Waals surface area (Å²) in [5, 5.41) is 3.11. The number of ether oxygens (including phenoxy) is 6. The van der Waals surface area contributed by atoms with Crippen LogP contribution in [0.1, 0.15) is 157 Å². The van der Waals surface area contributed by atoms with Crippen molar-refractivity contribution in [1.29, 1.82) is 0 Å². The van der Waals surface area contributed by atoms with Gasteiger partial charge in [0.25, 0.3) is 0 Å². The summed E-state index contributed by atoms with van der Waals surface area (Å²) in [4.78, 5) is 29.0. The molecule has 0 saturated carbocycles. The van der Waals surface area contributed by atoms with Gasteiger partial charge in [0.15, 0.2) is 11.6 Å². The number of fused-ring (bicyclic) bond motifs is 15. The van der Waals surface area contributed by atoms with Gasteiger partial charge in [0, 0.05) is 0 Å². The first-order valence-electron chi connectivity index (χ1n) is 25.5. The van der Waals surface area contributed by atoms with Crippen molar-refractivity contribution >= 4 is 44.1 Å². The molecule has 0 fully saturated rings. The molecule has 1 aliphatic rings. The van der Waals surface area contributed by atoms with Gasteiger partial charge in [0.05, 0.1) is 72.3 Å². The number of hydrogen-bond acceptors (Lipinski definition) is 10. The standard InChI is InChI=1S/C54H74N6O6/c1-7-13-19-31-61-37-25-26-38(62-32-20-14-8-2)44-43(37)49-55-50(44)59-52-47-41(65-35-23-17-11-5)29-30-42(66-36-24-18-12-6)48(47)54(57-52)60-53-46-40(64-34-22-16-10-4)28-27-39(63-33-21-15-9-3)45(46)51(56-53)58-49/h25-30H,7-24,31-36H2,1-6H3,(H2,55,56,57,58,59,60). The summed E-state index contributed by atoms with van der Waals surface area (Å²) in [5.41, 5.74) is 3.73. The van der Waals surface area contributed by atoms with Crippen molar-refractivity contribution in [3.8, 4) is 57.3 Å². The van der Waals surface area contributed by atoms with Crippen molar-refractivity contribution in [2.45, 2.75) is 157 Å². The molecule has 6 bridgehead atoms. The van der Waals surface area contributed by atoms with Gasteiger partial charge in [0.2, 0.25) is 0 Å². The Morgan fingerprint density at radius 1 is 0.303 bits per heavy atom. The maximum absolute atomic E-state index is 6.65. The minimum Gasteiger partial charge on any atom is -0.493 e. The van der Waals surface area contributed by atoms with Gasteiger partial charge < -0.3 is 38.4 Å². The van der Waals surface area contributed by atoms with Gasteiger partial charge in [-0.25, -0.2) is 19.9 Å². The van der Waals surface area contributed by atoms with Crippen LogP contribution < -0.4 is 28.4 Å². The van der Waals surface area contributed by atoms with Crippen LogP contribution in [0, 0.1) is 0 Å². The van der Waals surface area contributed by atoms with E-state index in [1.54, 1.807) is 0 Å². The number of aromatic nitrogens is 6. The molecule has 3 aromatic heterocycles. The lowest BCUT2D eigenvalue weighted by molar-refractivity contribution is 0.300. The molecule has 356 valence electrons. The van der Waals surface area contributed by atoms with Gasteiger partial charge in [-0.3, -0.25) is 0 Å². The van der Waals surface area contributed by atoms with Crippen LogP contribution in [-0.2, 0) is 0 Å². The molecule has 1 aliphatic heterocycles. The molecule has 4 heterocycles.